The zero-order chi connectivity index (χ0) is 11.4. The van der Waals surface area contributed by atoms with Gasteiger partial charge in [-0.2, -0.15) is 5.26 Å². The summed E-state index contributed by atoms with van der Waals surface area (Å²) in [7, 11) is 0. The molecule has 82 valence electrons. The molecule has 0 saturated carbocycles. The molecule has 5 nitrogen and oxygen atoms in total. The zero-order valence-corrected chi connectivity index (χ0v) is 8.83. The maximum Gasteiger partial charge on any atom is 0.226 e. The normalized spacial score (nSPS) is 20.2. The lowest BCUT2D eigenvalue weighted by molar-refractivity contribution is -0.111. The summed E-state index contributed by atoms with van der Waals surface area (Å²) in [6, 6.07) is 3.56. The van der Waals surface area contributed by atoms with E-state index in [1.54, 1.807) is 12.3 Å². The van der Waals surface area contributed by atoms with Gasteiger partial charge in [-0.05, 0) is 18.9 Å². The molecule has 1 aliphatic rings. The Labute approximate surface area is 93.7 Å². The summed E-state index contributed by atoms with van der Waals surface area (Å²) in [5.41, 5.74) is 0.359. The van der Waals surface area contributed by atoms with Gasteiger partial charge in [0.05, 0.1) is 0 Å². The van der Waals surface area contributed by atoms with Gasteiger partial charge in [0.25, 0.3) is 0 Å². The summed E-state index contributed by atoms with van der Waals surface area (Å²) < 4.78 is 0. The van der Waals surface area contributed by atoms with Gasteiger partial charge in [0.2, 0.25) is 5.95 Å². The number of rotatable bonds is 2. The van der Waals surface area contributed by atoms with Gasteiger partial charge in [0.1, 0.15) is 18.0 Å². The highest BCUT2D eigenvalue weighted by Gasteiger charge is 2.21. The van der Waals surface area contributed by atoms with Crippen LogP contribution in [0.5, 0.6) is 0 Å². The first-order valence-corrected chi connectivity index (χ1v) is 5.27. The highest BCUT2D eigenvalue weighted by atomic mass is 16.1. The van der Waals surface area contributed by atoms with Crippen LogP contribution in [0, 0.1) is 17.2 Å². The van der Waals surface area contributed by atoms with Crippen molar-refractivity contribution in [2.45, 2.75) is 12.8 Å². The van der Waals surface area contributed by atoms with Crippen LogP contribution in [0.3, 0.4) is 0 Å². The van der Waals surface area contributed by atoms with Gasteiger partial charge in [-0.3, -0.25) is 0 Å². The molecular weight excluding hydrogens is 204 g/mol. The van der Waals surface area contributed by atoms with Crippen molar-refractivity contribution in [2.75, 3.05) is 18.0 Å². The third-order valence-electron chi connectivity index (χ3n) is 2.69. The third-order valence-corrected chi connectivity index (χ3v) is 2.69. The van der Waals surface area contributed by atoms with Gasteiger partial charge in [0.15, 0.2) is 0 Å². The minimum atomic E-state index is 0.0584. The Morgan fingerprint density at radius 3 is 3.25 bits per heavy atom. The minimum Gasteiger partial charge on any atom is -0.340 e. The van der Waals surface area contributed by atoms with E-state index in [0.29, 0.717) is 18.2 Å². The molecular formula is C11H12N4O. The van der Waals surface area contributed by atoms with Crippen LogP contribution < -0.4 is 4.90 Å². The molecule has 1 aromatic heterocycles. The molecule has 16 heavy (non-hydrogen) atoms. The lowest BCUT2D eigenvalue weighted by atomic mass is 10.0. The van der Waals surface area contributed by atoms with Crippen molar-refractivity contribution in [3.8, 4) is 6.07 Å². The summed E-state index contributed by atoms with van der Waals surface area (Å²) in [5, 5.41) is 8.74. The number of aldehydes is 1. The Hall–Kier alpha value is -1.96. The van der Waals surface area contributed by atoms with Crippen LogP contribution >= 0.6 is 0 Å². The van der Waals surface area contributed by atoms with Crippen molar-refractivity contribution in [1.82, 2.24) is 9.97 Å². The quantitative estimate of drug-likeness (QED) is 0.683. The molecule has 0 spiro atoms. The second-order valence-electron chi connectivity index (χ2n) is 3.84. The Morgan fingerprint density at radius 2 is 2.50 bits per heavy atom. The molecule has 0 amide bonds. The van der Waals surface area contributed by atoms with Crippen LogP contribution in [-0.2, 0) is 4.79 Å². The fourth-order valence-electron chi connectivity index (χ4n) is 1.87. The van der Waals surface area contributed by atoms with Crippen molar-refractivity contribution >= 4 is 12.2 Å². The second kappa shape index (κ2) is 4.71. The molecule has 0 bridgehead atoms. The van der Waals surface area contributed by atoms with Crippen LogP contribution in [0.15, 0.2) is 12.3 Å². The first kappa shape index (κ1) is 10.6. The SMILES string of the molecule is N#Cc1ccnc(N2CCCC(C=O)C2)n1. The van der Waals surface area contributed by atoms with Gasteiger partial charge in [-0.1, -0.05) is 0 Å². The summed E-state index contributed by atoms with van der Waals surface area (Å²) in [4.78, 5) is 21.0. The zero-order valence-electron chi connectivity index (χ0n) is 8.83. The number of hydrogen-bond donors (Lipinski definition) is 0. The Kier molecular flexibility index (Phi) is 3.10. The summed E-state index contributed by atoms with van der Waals surface area (Å²) in [6.45, 7) is 1.50. The number of piperidine rings is 1. The van der Waals surface area contributed by atoms with Crippen LogP contribution in [0.4, 0.5) is 5.95 Å². The van der Waals surface area contributed by atoms with E-state index in [-0.39, 0.29) is 5.92 Å². The van der Waals surface area contributed by atoms with Crippen molar-refractivity contribution in [1.29, 1.82) is 5.26 Å². The second-order valence-corrected chi connectivity index (χ2v) is 3.84. The highest BCUT2D eigenvalue weighted by molar-refractivity contribution is 5.55. The molecule has 1 unspecified atom stereocenters. The number of nitriles is 1. The molecule has 0 radical (unpaired) electrons. The molecule has 2 heterocycles. The number of carbonyl (C=O) groups excluding carboxylic acids is 1. The summed E-state index contributed by atoms with van der Waals surface area (Å²) >= 11 is 0. The van der Waals surface area contributed by atoms with Crippen LogP contribution in [0.25, 0.3) is 0 Å². The van der Waals surface area contributed by atoms with Crippen LogP contribution in [0.1, 0.15) is 18.5 Å². The van der Waals surface area contributed by atoms with E-state index in [9.17, 15) is 4.79 Å². The van der Waals surface area contributed by atoms with E-state index in [4.69, 9.17) is 5.26 Å². The lowest BCUT2D eigenvalue weighted by Gasteiger charge is -2.29. The number of anilines is 1. The largest absolute Gasteiger partial charge is 0.340 e. The van der Waals surface area contributed by atoms with Crippen molar-refractivity contribution in [2.24, 2.45) is 5.92 Å². The number of carbonyl (C=O) groups is 1. The standard InChI is InChI=1S/C11H12N4O/c12-6-10-3-4-13-11(14-10)15-5-1-2-9(7-15)8-16/h3-4,8-9H,1-2,5,7H2. The molecule has 0 aliphatic carbocycles. The van der Waals surface area contributed by atoms with Crippen molar-refractivity contribution in [3.63, 3.8) is 0 Å². The molecule has 0 N–H and O–H groups in total. The minimum absolute atomic E-state index is 0.0584. The van der Waals surface area contributed by atoms with Gasteiger partial charge >= 0.3 is 0 Å². The number of aromatic nitrogens is 2. The maximum absolute atomic E-state index is 10.7. The lowest BCUT2D eigenvalue weighted by Crippen LogP contribution is -2.37. The molecule has 1 saturated heterocycles. The van der Waals surface area contributed by atoms with E-state index in [0.717, 1.165) is 25.7 Å². The third kappa shape index (κ3) is 2.16. The average Bonchev–Trinajstić information content (AvgIpc) is 2.39. The van der Waals surface area contributed by atoms with E-state index < -0.39 is 0 Å². The van der Waals surface area contributed by atoms with E-state index >= 15 is 0 Å². The molecule has 5 heteroatoms. The fourth-order valence-corrected chi connectivity index (χ4v) is 1.87. The van der Waals surface area contributed by atoms with Crippen molar-refractivity contribution < 1.29 is 4.79 Å². The Bertz CT molecular complexity index is 426. The van der Waals surface area contributed by atoms with E-state index in [1.807, 2.05) is 11.0 Å². The number of nitrogens with zero attached hydrogens (tertiary/aromatic N) is 4. The topological polar surface area (TPSA) is 69.9 Å². The molecule has 1 aromatic rings. The van der Waals surface area contributed by atoms with Gasteiger partial charge < -0.3 is 9.69 Å². The Morgan fingerprint density at radius 1 is 1.62 bits per heavy atom. The molecule has 1 fully saturated rings. The van der Waals surface area contributed by atoms with E-state index in [2.05, 4.69) is 9.97 Å². The number of hydrogen-bond acceptors (Lipinski definition) is 5. The van der Waals surface area contributed by atoms with Gasteiger partial charge in [-0.25, -0.2) is 9.97 Å². The molecule has 0 aromatic carbocycles. The fraction of sp³-hybridized carbons (Fsp3) is 0.455. The maximum atomic E-state index is 10.7. The molecule has 1 aliphatic heterocycles. The molecule has 2 rings (SSSR count). The smallest absolute Gasteiger partial charge is 0.226 e. The van der Waals surface area contributed by atoms with Gasteiger partial charge in [0, 0.05) is 25.2 Å². The van der Waals surface area contributed by atoms with Crippen LogP contribution in [0.2, 0.25) is 0 Å². The van der Waals surface area contributed by atoms with Crippen molar-refractivity contribution in [3.05, 3.63) is 18.0 Å². The average molecular weight is 216 g/mol. The first-order chi connectivity index (χ1) is 7.83. The van der Waals surface area contributed by atoms with E-state index in [1.165, 1.54) is 0 Å². The monoisotopic (exact) mass is 216 g/mol. The first-order valence-electron chi connectivity index (χ1n) is 5.27. The van der Waals surface area contributed by atoms with Gasteiger partial charge in [-0.15, -0.1) is 0 Å². The van der Waals surface area contributed by atoms with Crippen LogP contribution in [-0.4, -0.2) is 29.3 Å². The summed E-state index contributed by atoms with van der Waals surface area (Å²) in [6.07, 6.45) is 4.45. The predicted molar refractivity (Wildman–Crippen MR) is 57.7 cm³/mol. The highest BCUT2D eigenvalue weighted by Crippen LogP contribution is 2.18. The predicted octanol–water partition coefficient (Wildman–Crippen LogP) is 0.764. The molecule has 1 atom stereocenters. The summed E-state index contributed by atoms with van der Waals surface area (Å²) in [5.74, 6) is 0.605. The Balaban J connectivity index is 2.17.